The average molecular weight is 247 g/mol. The molecular weight excluding hydrogens is 234 g/mol. The third kappa shape index (κ3) is 2.26. The van der Waals surface area contributed by atoms with Gasteiger partial charge in [0.1, 0.15) is 4.75 Å². The fourth-order valence-corrected chi connectivity index (χ4v) is 2.30. The summed E-state index contributed by atoms with van der Waals surface area (Å²) in [6.07, 6.45) is 1.07. The molecule has 0 aliphatic carbocycles. The van der Waals surface area contributed by atoms with E-state index in [2.05, 4.69) is 4.37 Å². The first-order valence-corrected chi connectivity index (χ1v) is 7.00. The first-order valence-electron chi connectivity index (χ1n) is 4.34. The molecule has 0 amide bonds. The number of aryl methyl sites for hydroxylation is 1. The quantitative estimate of drug-likeness (QED) is 0.758. The van der Waals surface area contributed by atoms with Gasteiger partial charge in [0.25, 0.3) is 0 Å². The number of Topliss-reactive ketones (excluding diaryl/α,β-unsaturated/α-hetero) is 1. The van der Waals surface area contributed by atoms with Gasteiger partial charge in [-0.05, 0) is 38.4 Å². The standard InChI is InChI=1S/C9H13NO3S2/c1-6-5-7(14-10-6)8(11)9(2,3)15(4,12)13/h5H,1-4H3. The van der Waals surface area contributed by atoms with Gasteiger partial charge in [-0.2, -0.15) is 4.37 Å². The molecule has 0 fully saturated rings. The molecule has 84 valence electrons. The molecule has 0 aliphatic rings. The van der Waals surface area contributed by atoms with Gasteiger partial charge in [0.05, 0.1) is 10.6 Å². The molecule has 15 heavy (non-hydrogen) atoms. The first-order chi connectivity index (χ1) is 6.66. The maximum Gasteiger partial charge on any atom is 0.194 e. The third-order valence-corrected chi connectivity index (χ3v) is 5.24. The topological polar surface area (TPSA) is 64.1 Å². The number of nitrogens with zero attached hydrogens (tertiary/aromatic N) is 1. The van der Waals surface area contributed by atoms with E-state index in [0.29, 0.717) is 4.88 Å². The largest absolute Gasteiger partial charge is 0.291 e. The second-order valence-corrected chi connectivity index (χ2v) is 7.31. The summed E-state index contributed by atoms with van der Waals surface area (Å²) < 4.78 is 25.5. The van der Waals surface area contributed by atoms with Crippen LogP contribution in [0.5, 0.6) is 0 Å². The molecule has 0 spiro atoms. The zero-order valence-electron chi connectivity index (χ0n) is 9.07. The third-order valence-electron chi connectivity index (χ3n) is 2.33. The van der Waals surface area contributed by atoms with Crippen LogP contribution in [-0.2, 0) is 9.84 Å². The molecule has 0 aromatic carbocycles. The maximum absolute atomic E-state index is 11.9. The van der Waals surface area contributed by atoms with Crippen molar-refractivity contribution in [2.75, 3.05) is 6.26 Å². The fraction of sp³-hybridized carbons (Fsp3) is 0.556. The van der Waals surface area contributed by atoms with E-state index >= 15 is 0 Å². The van der Waals surface area contributed by atoms with Gasteiger partial charge in [-0.15, -0.1) is 0 Å². The second-order valence-electron chi connectivity index (χ2n) is 3.94. The monoisotopic (exact) mass is 247 g/mol. The highest BCUT2D eigenvalue weighted by molar-refractivity contribution is 7.92. The summed E-state index contributed by atoms with van der Waals surface area (Å²) in [5, 5.41) is 0. The molecule has 0 bridgehead atoms. The van der Waals surface area contributed by atoms with Crippen LogP contribution in [0.2, 0.25) is 0 Å². The zero-order chi connectivity index (χ0) is 11.9. The van der Waals surface area contributed by atoms with Crippen molar-refractivity contribution >= 4 is 27.2 Å². The molecule has 0 radical (unpaired) electrons. The normalized spacial score (nSPS) is 12.8. The van der Waals surface area contributed by atoms with Gasteiger partial charge >= 0.3 is 0 Å². The molecule has 1 aromatic rings. The molecule has 6 heteroatoms. The van der Waals surface area contributed by atoms with Crippen LogP contribution >= 0.6 is 11.5 Å². The van der Waals surface area contributed by atoms with Crippen molar-refractivity contribution in [3.63, 3.8) is 0 Å². The van der Waals surface area contributed by atoms with Gasteiger partial charge in [-0.3, -0.25) is 4.79 Å². The van der Waals surface area contributed by atoms with Crippen LogP contribution in [-0.4, -0.2) is 29.6 Å². The molecule has 1 rings (SSSR count). The number of hydrogen-bond donors (Lipinski definition) is 0. The van der Waals surface area contributed by atoms with E-state index in [9.17, 15) is 13.2 Å². The van der Waals surface area contributed by atoms with Gasteiger partial charge in [-0.25, -0.2) is 8.42 Å². The van der Waals surface area contributed by atoms with E-state index in [0.717, 1.165) is 23.5 Å². The lowest BCUT2D eigenvalue weighted by Crippen LogP contribution is -2.39. The summed E-state index contributed by atoms with van der Waals surface area (Å²) in [5.74, 6) is -0.393. The van der Waals surface area contributed by atoms with Crippen molar-refractivity contribution in [3.8, 4) is 0 Å². The Balaban J connectivity index is 3.16. The van der Waals surface area contributed by atoms with Crippen LogP contribution in [0.4, 0.5) is 0 Å². The number of hydrogen-bond acceptors (Lipinski definition) is 5. The zero-order valence-corrected chi connectivity index (χ0v) is 10.7. The van der Waals surface area contributed by atoms with Gasteiger partial charge in [-0.1, -0.05) is 0 Å². The molecule has 1 aromatic heterocycles. The molecule has 0 saturated carbocycles. The van der Waals surface area contributed by atoms with Crippen LogP contribution in [0.15, 0.2) is 6.07 Å². The second kappa shape index (κ2) is 3.68. The number of carbonyl (C=O) groups is 1. The maximum atomic E-state index is 11.9. The minimum atomic E-state index is -3.41. The minimum absolute atomic E-state index is 0.392. The molecule has 0 atom stereocenters. The number of carbonyl (C=O) groups excluding carboxylic acids is 1. The lowest BCUT2D eigenvalue weighted by molar-refractivity contribution is 0.0958. The predicted molar refractivity (Wildman–Crippen MR) is 60.1 cm³/mol. The Labute approximate surface area is 93.4 Å². The number of aromatic nitrogens is 1. The minimum Gasteiger partial charge on any atom is -0.291 e. The van der Waals surface area contributed by atoms with Gasteiger partial charge < -0.3 is 0 Å². The number of rotatable bonds is 3. The summed E-state index contributed by atoms with van der Waals surface area (Å²) in [6, 6.07) is 1.61. The Hall–Kier alpha value is -0.750. The van der Waals surface area contributed by atoms with Crippen LogP contribution in [0.1, 0.15) is 29.2 Å². The predicted octanol–water partition coefficient (Wildman–Crippen LogP) is 1.46. The fourth-order valence-electron chi connectivity index (χ4n) is 0.936. The van der Waals surface area contributed by atoms with Gasteiger partial charge in [0.2, 0.25) is 0 Å². The van der Waals surface area contributed by atoms with Crippen molar-refractivity contribution in [2.24, 2.45) is 0 Å². The van der Waals surface area contributed by atoms with Crippen LogP contribution in [0, 0.1) is 6.92 Å². The Morgan fingerprint density at radius 2 is 2.00 bits per heavy atom. The average Bonchev–Trinajstić information content (AvgIpc) is 2.48. The highest BCUT2D eigenvalue weighted by Gasteiger charge is 2.39. The van der Waals surface area contributed by atoms with E-state index in [1.807, 2.05) is 0 Å². The Kier molecular flexibility index (Phi) is 3.02. The molecule has 1 heterocycles. The molecule has 0 unspecified atom stereocenters. The lowest BCUT2D eigenvalue weighted by Gasteiger charge is -2.19. The van der Waals surface area contributed by atoms with Crippen molar-refractivity contribution in [3.05, 3.63) is 16.6 Å². The highest BCUT2D eigenvalue weighted by Crippen LogP contribution is 2.23. The summed E-state index contributed by atoms with van der Waals surface area (Å²) in [4.78, 5) is 12.3. The van der Waals surface area contributed by atoms with E-state index in [1.54, 1.807) is 13.0 Å². The van der Waals surface area contributed by atoms with Crippen LogP contribution in [0.25, 0.3) is 0 Å². The summed E-state index contributed by atoms with van der Waals surface area (Å²) in [5.41, 5.74) is 0.729. The molecular formula is C9H13NO3S2. The molecule has 4 nitrogen and oxygen atoms in total. The van der Waals surface area contributed by atoms with E-state index in [1.165, 1.54) is 13.8 Å². The van der Waals surface area contributed by atoms with Gasteiger partial charge in [0.15, 0.2) is 15.6 Å². The van der Waals surface area contributed by atoms with Crippen molar-refractivity contribution in [1.82, 2.24) is 4.37 Å². The summed E-state index contributed by atoms with van der Waals surface area (Å²) in [6.45, 7) is 4.60. The van der Waals surface area contributed by atoms with Crippen molar-refractivity contribution < 1.29 is 13.2 Å². The highest BCUT2D eigenvalue weighted by atomic mass is 32.2. The molecule has 0 N–H and O–H groups in total. The summed E-state index contributed by atoms with van der Waals surface area (Å²) in [7, 11) is -3.41. The number of sulfone groups is 1. The lowest BCUT2D eigenvalue weighted by atomic mass is 10.1. The van der Waals surface area contributed by atoms with Crippen molar-refractivity contribution in [1.29, 1.82) is 0 Å². The number of ketones is 1. The molecule has 0 saturated heterocycles. The van der Waals surface area contributed by atoms with E-state index in [4.69, 9.17) is 0 Å². The molecule has 0 aliphatic heterocycles. The van der Waals surface area contributed by atoms with Crippen molar-refractivity contribution in [2.45, 2.75) is 25.5 Å². The van der Waals surface area contributed by atoms with E-state index < -0.39 is 20.4 Å². The Bertz CT molecular complexity index is 485. The first kappa shape index (κ1) is 12.3. The Morgan fingerprint density at radius 1 is 1.47 bits per heavy atom. The smallest absolute Gasteiger partial charge is 0.194 e. The Morgan fingerprint density at radius 3 is 2.33 bits per heavy atom. The summed E-state index contributed by atoms with van der Waals surface area (Å²) >= 11 is 1.04. The van der Waals surface area contributed by atoms with Crippen LogP contribution in [0.3, 0.4) is 0 Å². The van der Waals surface area contributed by atoms with Gasteiger partial charge in [0, 0.05) is 6.26 Å². The SMILES string of the molecule is Cc1cc(C(=O)C(C)(C)S(C)(=O)=O)sn1. The van der Waals surface area contributed by atoms with E-state index in [-0.39, 0.29) is 0 Å². The van der Waals surface area contributed by atoms with Crippen LogP contribution < -0.4 is 0 Å².